The van der Waals surface area contributed by atoms with E-state index in [2.05, 4.69) is 5.32 Å². The fourth-order valence-electron chi connectivity index (χ4n) is 3.00. The minimum Gasteiger partial charge on any atom is -0.493 e. The summed E-state index contributed by atoms with van der Waals surface area (Å²) < 4.78 is 21.2. The molecular weight excluding hydrogens is 370 g/mol. The zero-order valence-electron chi connectivity index (χ0n) is 15.8. The van der Waals surface area contributed by atoms with Crippen LogP contribution >= 0.6 is 11.3 Å². The number of cyclic esters (lactones) is 1. The number of hydrogen-bond donors (Lipinski definition) is 1. The van der Waals surface area contributed by atoms with Gasteiger partial charge in [-0.25, -0.2) is 9.59 Å². The fraction of sp³-hybridized carbons (Fsp3) is 0.368. The summed E-state index contributed by atoms with van der Waals surface area (Å²) in [5.41, 5.74) is 2.25. The van der Waals surface area contributed by atoms with Crippen LogP contribution in [0.25, 0.3) is 0 Å². The molecule has 0 fully saturated rings. The molecule has 7 nitrogen and oxygen atoms in total. The van der Waals surface area contributed by atoms with Gasteiger partial charge in [0.1, 0.15) is 10.6 Å². The number of anilines is 1. The van der Waals surface area contributed by atoms with Crippen molar-refractivity contribution in [1.82, 2.24) is 0 Å². The van der Waals surface area contributed by atoms with E-state index in [9.17, 15) is 9.59 Å². The standard InChI is InChI=1S/C19H21NO6S/c1-6-25-18(21)13-9(2)10(3)27-17(13)20-16-11-7-8-12(23-4)15(24-5)14(11)19(22)26-16/h7-8,16,20H,6H2,1-5H3/t16-/m1/s1. The Morgan fingerprint density at radius 2 is 2.00 bits per heavy atom. The van der Waals surface area contributed by atoms with Crippen molar-refractivity contribution in [3.8, 4) is 11.5 Å². The topological polar surface area (TPSA) is 83.1 Å². The maximum atomic E-state index is 12.4. The molecular formula is C19H21NO6S. The van der Waals surface area contributed by atoms with Gasteiger partial charge in [0.2, 0.25) is 6.23 Å². The number of benzene rings is 1. The lowest BCUT2D eigenvalue weighted by atomic mass is 10.1. The van der Waals surface area contributed by atoms with Crippen molar-refractivity contribution >= 4 is 28.3 Å². The lowest BCUT2D eigenvalue weighted by molar-refractivity contribution is 0.0435. The summed E-state index contributed by atoms with van der Waals surface area (Å²) in [6, 6.07) is 3.46. The molecule has 0 saturated carbocycles. The second kappa shape index (κ2) is 7.48. The number of rotatable bonds is 6. The van der Waals surface area contributed by atoms with Gasteiger partial charge in [0.25, 0.3) is 0 Å². The molecule has 3 rings (SSSR count). The largest absolute Gasteiger partial charge is 0.493 e. The zero-order chi connectivity index (χ0) is 19.7. The van der Waals surface area contributed by atoms with Crippen LogP contribution in [0.1, 0.15) is 49.9 Å². The lowest BCUT2D eigenvalue weighted by Gasteiger charge is -2.15. The molecule has 0 radical (unpaired) electrons. The Labute approximate surface area is 161 Å². The highest BCUT2D eigenvalue weighted by Gasteiger charge is 2.37. The van der Waals surface area contributed by atoms with Crippen LogP contribution < -0.4 is 14.8 Å². The third kappa shape index (κ3) is 3.21. The van der Waals surface area contributed by atoms with Gasteiger partial charge in [-0.3, -0.25) is 0 Å². The third-order valence-corrected chi connectivity index (χ3v) is 5.55. The van der Waals surface area contributed by atoms with E-state index in [1.54, 1.807) is 19.1 Å². The van der Waals surface area contributed by atoms with Crippen LogP contribution in [-0.2, 0) is 9.47 Å². The average molecular weight is 391 g/mol. The number of nitrogens with one attached hydrogen (secondary N) is 1. The van der Waals surface area contributed by atoms with E-state index in [0.717, 1.165) is 10.4 Å². The molecule has 2 aromatic rings. The molecule has 1 aliphatic heterocycles. The molecule has 2 heterocycles. The van der Waals surface area contributed by atoms with Crippen LogP contribution in [0.4, 0.5) is 5.00 Å². The van der Waals surface area contributed by atoms with E-state index in [0.29, 0.717) is 33.2 Å². The van der Waals surface area contributed by atoms with Crippen LogP contribution in [0, 0.1) is 13.8 Å². The third-order valence-electron chi connectivity index (χ3n) is 4.42. The Morgan fingerprint density at radius 3 is 2.63 bits per heavy atom. The number of carbonyl (C=O) groups excluding carboxylic acids is 2. The van der Waals surface area contributed by atoms with Crippen LogP contribution in [-0.4, -0.2) is 32.8 Å². The van der Waals surface area contributed by atoms with Gasteiger partial charge >= 0.3 is 11.9 Å². The Kier molecular flexibility index (Phi) is 5.27. The van der Waals surface area contributed by atoms with Gasteiger partial charge in [-0.15, -0.1) is 11.3 Å². The molecule has 1 aromatic heterocycles. The number of esters is 2. The molecule has 8 heteroatoms. The van der Waals surface area contributed by atoms with Crippen molar-refractivity contribution in [3.05, 3.63) is 39.3 Å². The van der Waals surface area contributed by atoms with Gasteiger partial charge in [-0.1, -0.05) is 0 Å². The van der Waals surface area contributed by atoms with Crippen molar-refractivity contribution in [2.75, 3.05) is 26.1 Å². The molecule has 0 spiro atoms. The quantitative estimate of drug-likeness (QED) is 0.749. The molecule has 0 amide bonds. The van der Waals surface area contributed by atoms with E-state index < -0.39 is 18.2 Å². The number of fused-ring (bicyclic) bond motifs is 1. The molecule has 1 aliphatic rings. The average Bonchev–Trinajstić information content (AvgIpc) is 3.11. The number of hydrogen-bond acceptors (Lipinski definition) is 8. The highest BCUT2D eigenvalue weighted by molar-refractivity contribution is 7.16. The smallest absolute Gasteiger partial charge is 0.344 e. The fourth-order valence-corrected chi connectivity index (χ4v) is 4.07. The highest BCUT2D eigenvalue weighted by atomic mass is 32.1. The second-order valence-electron chi connectivity index (χ2n) is 5.90. The van der Waals surface area contributed by atoms with Crippen LogP contribution in [0.3, 0.4) is 0 Å². The Morgan fingerprint density at radius 1 is 1.26 bits per heavy atom. The first-order valence-electron chi connectivity index (χ1n) is 8.42. The van der Waals surface area contributed by atoms with Gasteiger partial charge < -0.3 is 24.3 Å². The summed E-state index contributed by atoms with van der Waals surface area (Å²) in [4.78, 5) is 25.8. The first kappa shape index (κ1) is 19.0. The van der Waals surface area contributed by atoms with Gasteiger partial charge in [0, 0.05) is 10.4 Å². The van der Waals surface area contributed by atoms with Gasteiger partial charge in [-0.2, -0.15) is 0 Å². The second-order valence-corrected chi connectivity index (χ2v) is 7.13. The number of ether oxygens (including phenoxy) is 4. The summed E-state index contributed by atoms with van der Waals surface area (Å²) >= 11 is 1.42. The molecule has 1 atom stereocenters. The molecule has 1 aromatic carbocycles. The van der Waals surface area contributed by atoms with E-state index >= 15 is 0 Å². The molecule has 0 aliphatic carbocycles. The Balaban J connectivity index is 2.00. The summed E-state index contributed by atoms with van der Waals surface area (Å²) in [5.74, 6) is -0.142. The monoisotopic (exact) mass is 391 g/mol. The lowest BCUT2D eigenvalue weighted by Crippen LogP contribution is -2.13. The van der Waals surface area contributed by atoms with Gasteiger partial charge in [0.05, 0.1) is 26.4 Å². The normalized spacial score (nSPS) is 15.1. The van der Waals surface area contributed by atoms with Crippen molar-refractivity contribution in [1.29, 1.82) is 0 Å². The van der Waals surface area contributed by atoms with Crippen molar-refractivity contribution < 1.29 is 28.5 Å². The summed E-state index contributed by atoms with van der Waals surface area (Å²) in [6.45, 7) is 5.83. The number of aryl methyl sites for hydroxylation is 1. The van der Waals surface area contributed by atoms with E-state index in [1.165, 1.54) is 25.6 Å². The predicted octanol–water partition coefficient (Wildman–Crippen LogP) is 3.84. The molecule has 0 unspecified atom stereocenters. The number of carbonyl (C=O) groups is 2. The number of thiophene rings is 1. The van der Waals surface area contributed by atoms with Crippen LogP contribution in [0.15, 0.2) is 12.1 Å². The van der Waals surface area contributed by atoms with E-state index in [4.69, 9.17) is 18.9 Å². The molecule has 0 saturated heterocycles. The summed E-state index contributed by atoms with van der Waals surface area (Å²) in [7, 11) is 2.97. The Hall–Kier alpha value is -2.74. The predicted molar refractivity (Wildman–Crippen MR) is 101 cm³/mol. The van der Waals surface area contributed by atoms with Crippen LogP contribution in [0.5, 0.6) is 11.5 Å². The molecule has 27 heavy (non-hydrogen) atoms. The van der Waals surface area contributed by atoms with Crippen LogP contribution in [0.2, 0.25) is 0 Å². The van der Waals surface area contributed by atoms with Crippen molar-refractivity contribution in [3.63, 3.8) is 0 Å². The van der Waals surface area contributed by atoms with E-state index in [-0.39, 0.29) is 6.61 Å². The van der Waals surface area contributed by atoms with Crippen molar-refractivity contribution in [2.45, 2.75) is 27.0 Å². The molecule has 144 valence electrons. The first-order chi connectivity index (χ1) is 12.9. The van der Waals surface area contributed by atoms with E-state index in [1.807, 2.05) is 13.8 Å². The SMILES string of the molecule is CCOC(=O)c1c(N[C@@H]2OC(=O)c3c2ccc(OC)c3OC)sc(C)c1C. The van der Waals surface area contributed by atoms with Gasteiger partial charge in [-0.05, 0) is 38.5 Å². The molecule has 0 bridgehead atoms. The van der Waals surface area contributed by atoms with Crippen molar-refractivity contribution in [2.24, 2.45) is 0 Å². The minimum absolute atomic E-state index is 0.283. The first-order valence-corrected chi connectivity index (χ1v) is 9.24. The minimum atomic E-state index is -0.738. The maximum Gasteiger partial charge on any atom is 0.344 e. The molecule has 1 N–H and O–H groups in total. The van der Waals surface area contributed by atoms with Gasteiger partial charge in [0.15, 0.2) is 11.5 Å². The summed E-state index contributed by atoms with van der Waals surface area (Å²) in [6.07, 6.45) is -0.738. The zero-order valence-corrected chi connectivity index (χ0v) is 16.6. The maximum absolute atomic E-state index is 12.4. The Bertz CT molecular complexity index is 904. The highest BCUT2D eigenvalue weighted by Crippen LogP contribution is 2.43. The number of methoxy groups -OCH3 is 2. The summed E-state index contributed by atoms with van der Waals surface area (Å²) in [5, 5.41) is 3.76.